The van der Waals surface area contributed by atoms with Gasteiger partial charge in [0, 0.05) is 33.8 Å². The van der Waals surface area contributed by atoms with E-state index in [1.807, 2.05) is 30.5 Å². The molecule has 82 valence electrons. The van der Waals surface area contributed by atoms with Gasteiger partial charge in [-0.25, -0.2) is 9.97 Å². The van der Waals surface area contributed by atoms with Crippen LogP contribution in [-0.2, 0) is 0 Å². The van der Waals surface area contributed by atoms with E-state index >= 15 is 0 Å². The zero-order chi connectivity index (χ0) is 11.5. The van der Waals surface area contributed by atoms with Gasteiger partial charge in [-0.2, -0.15) is 0 Å². The first kappa shape index (κ1) is 10.2. The molecule has 3 aromatic rings. The van der Waals surface area contributed by atoms with E-state index in [0.29, 0.717) is 0 Å². The summed E-state index contributed by atoms with van der Waals surface area (Å²) in [4.78, 5) is 14.7. The maximum Gasteiger partial charge on any atom is 0.116 e. The molecule has 0 unspecified atom stereocenters. The van der Waals surface area contributed by atoms with E-state index in [1.165, 1.54) is 0 Å². The fourth-order valence-corrected chi connectivity index (χ4v) is 2.53. The van der Waals surface area contributed by atoms with Crippen molar-refractivity contribution in [2.24, 2.45) is 0 Å². The molecule has 0 atom stereocenters. The van der Waals surface area contributed by atoms with Gasteiger partial charge >= 0.3 is 0 Å². The van der Waals surface area contributed by atoms with Crippen LogP contribution in [0.4, 0.5) is 0 Å². The van der Waals surface area contributed by atoms with Gasteiger partial charge in [0.2, 0.25) is 0 Å². The molecule has 3 rings (SSSR count). The highest BCUT2D eigenvalue weighted by atomic mass is 32.2. The Morgan fingerprint density at radius 3 is 2.71 bits per heavy atom. The lowest BCUT2D eigenvalue weighted by atomic mass is 10.2. The van der Waals surface area contributed by atoms with Gasteiger partial charge in [-0.1, -0.05) is 17.8 Å². The van der Waals surface area contributed by atoms with Crippen LogP contribution in [0.25, 0.3) is 10.9 Å². The molecule has 0 radical (unpaired) electrons. The van der Waals surface area contributed by atoms with Gasteiger partial charge in [0.1, 0.15) is 6.33 Å². The summed E-state index contributed by atoms with van der Waals surface area (Å²) in [5, 5.41) is 1.08. The summed E-state index contributed by atoms with van der Waals surface area (Å²) < 4.78 is 0. The third-order valence-electron chi connectivity index (χ3n) is 2.39. The Balaban J connectivity index is 2.06. The molecule has 17 heavy (non-hydrogen) atoms. The Morgan fingerprint density at radius 1 is 0.941 bits per heavy atom. The number of hydrogen-bond acceptors (Lipinski definition) is 4. The third kappa shape index (κ3) is 2.12. The molecule has 0 aliphatic carbocycles. The number of benzene rings is 1. The van der Waals surface area contributed by atoms with Gasteiger partial charge in [-0.15, -0.1) is 0 Å². The fourth-order valence-electron chi connectivity index (χ4n) is 1.60. The first-order valence-corrected chi connectivity index (χ1v) is 6.02. The molecular weight excluding hydrogens is 230 g/mol. The van der Waals surface area contributed by atoms with E-state index in [1.54, 1.807) is 30.5 Å². The van der Waals surface area contributed by atoms with Crippen LogP contribution < -0.4 is 0 Å². The molecule has 4 heteroatoms. The molecule has 2 heterocycles. The SMILES string of the molecule is c1cc(Sc2ccncc2)c2cncnc2c1. The molecule has 3 nitrogen and oxygen atoms in total. The maximum absolute atomic E-state index is 4.25. The van der Waals surface area contributed by atoms with E-state index in [-0.39, 0.29) is 0 Å². The summed E-state index contributed by atoms with van der Waals surface area (Å²) in [6.45, 7) is 0. The van der Waals surface area contributed by atoms with E-state index in [4.69, 9.17) is 0 Å². The normalized spacial score (nSPS) is 10.6. The van der Waals surface area contributed by atoms with E-state index in [2.05, 4.69) is 21.0 Å². The number of nitrogens with zero attached hydrogens (tertiary/aromatic N) is 3. The minimum absolute atomic E-state index is 0.971. The third-order valence-corrected chi connectivity index (χ3v) is 3.47. The lowest BCUT2D eigenvalue weighted by Crippen LogP contribution is -1.83. The fraction of sp³-hybridized carbons (Fsp3) is 0. The summed E-state index contributed by atoms with van der Waals surface area (Å²) >= 11 is 1.70. The van der Waals surface area contributed by atoms with E-state index in [9.17, 15) is 0 Å². The zero-order valence-electron chi connectivity index (χ0n) is 8.95. The molecular formula is C13H9N3S. The Bertz CT molecular complexity index is 635. The van der Waals surface area contributed by atoms with Crippen molar-refractivity contribution in [2.75, 3.05) is 0 Å². The highest BCUT2D eigenvalue weighted by Crippen LogP contribution is 2.31. The minimum atomic E-state index is 0.971. The van der Waals surface area contributed by atoms with Gasteiger partial charge in [-0.05, 0) is 24.3 Å². The standard InChI is InChI=1S/C13H9N3S/c1-2-12-11(8-15-9-16-12)13(3-1)17-10-4-6-14-7-5-10/h1-9H. The van der Waals surface area contributed by atoms with Gasteiger partial charge in [0.05, 0.1) is 5.52 Å². The highest BCUT2D eigenvalue weighted by molar-refractivity contribution is 7.99. The zero-order valence-corrected chi connectivity index (χ0v) is 9.76. The van der Waals surface area contributed by atoms with E-state index in [0.717, 1.165) is 20.7 Å². The molecule has 0 spiro atoms. The van der Waals surface area contributed by atoms with Crippen molar-refractivity contribution >= 4 is 22.7 Å². The Kier molecular flexibility index (Phi) is 2.71. The Labute approximate surface area is 103 Å². The Morgan fingerprint density at radius 2 is 1.82 bits per heavy atom. The van der Waals surface area contributed by atoms with Crippen LogP contribution in [0.2, 0.25) is 0 Å². The second-order valence-corrected chi connectivity index (χ2v) is 4.61. The van der Waals surface area contributed by atoms with Gasteiger partial charge < -0.3 is 0 Å². The molecule has 0 bridgehead atoms. The lowest BCUT2D eigenvalue weighted by Gasteiger charge is -2.04. The van der Waals surface area contributed by atoms with Crippen molar-refractivity contribution in [3.63, 3.8) is 0 Å². The number of rotatable bonds is 2. The number of hydrogen-bond donors (Lipinski definition) is 0. The van der Waals surface area contributed by atoms with Crippen LogP contribution >= 0.6 is 11.8 Å². The highest BCUT2D eigenvalue weighted by Gasteiger charge is 2.03. The summed E-state index contributed by atoms with van der Waals surface area (Å²) in [5.74, 6) is 0. The van der Waals surface area contributed by atoms with Crippen molar-refractivity contribution in [3.8, 4) is 0 Å². The van der Waals surface area contributed by atoms with Crippen molar-refractivity contribution in [2.45, 2.75) is 9.79 Å². The number of aromatic nitrogens is 3. The second kappa shape index (κ2) is 4.51. The van der Waals surface area contributed by atoms with Crippen LogP contribution in [-0.4, -0.2) is 15.0 Å². The van der Waals surface area contributed by atoms with Crippen molar-refractivity contribution < 1.29 is 0 Å². The van der Waals surface area contributed by atoms with Crippen molar-refractivity contribution in [1.82, 2.24) is 15.0 Å². The second-order valence-electron chi connectivity index (χ2n) is 3.50. The van der Waals surface area contributed by atoms with E-state index < -0.39 is 0 Å². The molecule has 2 aromatic heterocycles. The molecule has 0 saturated heterocycles. The molecule has 1 aromatic carbocycles. The minimum Gasteiger partial charge on any atom is -0.265 e. The maximum atomic E-state index is 4.25. The average Bonchev–Trinajstić information content (AvgIpc) is 2.40. The van der Waals surface area contributed by atoms with Crippen molar-refractivity contribution in [3.05, 3.63) is 55.2 Å². The predicted octanol–water partition coefficient (Wildman–Crippen LogP) is 3.18. The largest absolute Gasteiger partial charge is 0.265 e. The predicted molar refractivity (Wildman–Crippen MR) is 67.9 cm³/mol. The van der Waals surface area contributed by atoms with Crippen LogP contribution in [0.3, 0.4) is 0 Å². The van der Waals surface area contributed by atoms with Gasteiger partial charge in [0.25, 0.3) is 0 Å². The molecule has 0 saturated carbocycles. The summed E-state index contributed by atoms with van der Waals surface area (Å²) in [5.41, 5.74) is 0.971. The molecule has 0 fully saturated rings. The average molecular weight is 239 g/mol. The van der Waals surface area contributed by atoms with Crippen LogP contribution in [0.1, 0.15) is 0 Å². The summed E-state index contributed by atoms with van der Waals surface area (Å²) in [7, 11) is 0. The topological polar surface area (TPSA) is 38.7 Å². The summed E-state index contributed by atoms with van der Waals surface area (Å²) in [6, 6.07) is 10.1. The van der Waals surface area contributed by atoms with Crippen LogP contribution in [0, 0.1) is 0 Å². The molecule has 0 aliphatic rings. The lowest BCUT2D eigenvalue weighted by molar-refractivity contribution is 1.21. The molecule has 0 amide bonds. The first-order chi connectivity index (χ1) is 8.43. The van der Waals surface area contributed by atoms with Crippen molar-refractivity contribution in [1.29, 1.82) is 0 Å². The van der Waals surface area contributed by atoms with Crippen LogP contribution in [0.5, 0.6) is 0 Å². The quantitative estimate of drug-likeness (QED) is 0.688. The van der Waals surface area contributed by atoms with Crippen LogP contribution in [0.15, 0.2) is 65.0 Å². The Hall–Kier alpha value is -1.94. The molecule has 0 aliphatic heterocycles. The first-order valence-electron chi connectivity index (χ1n) is 5.20. The monoisotopic (exact) mass is 239 g/mol. The number of fused-ring (bicyclic) bond motifs is 1. The summed E-state index contributed by atoms with van der Waals surface area (Å²) in [6.07, 6.45) is 7.02. The molecule has 0 N–H and O–H groups in total. The smallest absolute Gasteiger partial charge is 0.116 e. The van der Waals surface area contributed by atoms with Gasteiger partial charge in [0.15, 0.2) is 0 Å². The number of pyridine rings is 1. The van der Waals surface area contributed by atoms with Gasteiger partial charge in [-0.3, -0.25) is 4.98 Å².